The summed E-state index contributed by atoms with van der Waals surface area (Å²) >= 11 is 5.58. The molecule has 1 aromatic rings. The maximum absolute atomic E-state index is 12.6. The SMILES string of the molecule is OCC(Cl)c1ccc(F)c(F)c1. The Morgan fingerprint density at radius 1 is 1.33 bits per heavy atom. The van der Waals surface area contributed by atoms with E-state index in [0.29, 0.717) is 5.56 Å². The minimum absolute atomic E-state index is 0.299. The highest BCUT2D eigenvalue weighted by atomic mass is 35.5. The second-order valence-corrected chi connectivity index (χ2v) is 2.85. The molecule has 0 spiro atoms. The zero-order valence-electron chi connectivity index (χ0n) is 6.10. The number of rotatable bonds is 2. The third kappa shape index (κ3) is 1.93. The predicted molar refractivity (Wildman–Crippen MR) is 42.0 cm³/mol. The molecule has 0 amide bonds. The molecule has 1 unspecified atom stereocenters. The Bertz CT molecular complexity index is 278. The van der Waals surface area contributed by atoms with Crippen molar-refractivity contribution in [2.45, 2.75) is 5.38 Å². The molecule has 0 fully saturated rings. The maximum atomic E-state index is 12.6. The van der Waals surface area contributed by atoms with E-state index in [1.807, 2.05) is 0 Å². The van der Waals surface area contributed by atoms with Gasteiger partial charge in [0.15, 0.2) is 11.6 Å². The lowest BCUT2D eigenvalue weighted by Crippen LogP contribution is -1.97. The molecule has 1 aromatic carbocycles. The first-order valence-electron chi connectivity index (χ1n) is 3.35. The van der Waals surface area contributed by atoms with Crippen LogP contribution in [0.5, 0.6) is 0 Å². The first-order chi connectivity index (χ1) is 5.65. The summed E-state index contributed by atoms with van der Waals surface area (Å²) in [7, 11) is 0. The standard InChI is InChI=1S/C8H7ClF2O/c9-6(4-12)5-1-2-7(10)8(11)3-5/h1-3,6,12H,4H2. The lowest BCUT2D eigenvalue weighted by atomic mass is 10.1. The van der Waals surface area contributed by atoms with Crippen LogP contribution in [0.4, 0.5) is 8.78 Å². The van der Waals surface area contributed by atoms with Gasteiger partial charge in [0.1, 0.15) is 0 Å². The summed E-state index contributed by atoms with van der Waals surface area (Å²) in [6, 6.07) is 3.30. The number of alkyl halides is 1. The summed E-state index contributed by atoms with van der Waals surface area (Å²) in [5.74, 6) is -1.87. The summed E-state index contributed by atoms with van der Waals surface area (Å²) in [4.78, 5) is 0. The van der Waals surface area contributed by atoms with Gasteiger partial charge in [0.25, 0.3) is 0 Å². The molecule has 0 aliphatic carbocycles. The maximum Gasteiger partial charge on any atom is 0.159 e. The Hall–Kier alpha value is -0.670. The van der Waals surface area contributed by atoms with Crippen molar-refractivity contribution in [3.8, 4) is 0 Å². The predicted octanol–water partition coefficient (Wildman–Crippen LogP) is 2.24. The zero-order valence-corrected chi connectivity index (χ0v) is 6.85. The van der Waals surface area contributed by atoms with Crippen molar-refractivity contribution in [2.24, 2.45) is 0 Å². The fourth-order valence-electron chi connectivity index (χ4n) is 0.813. The van der Waals surface area contributed by atoms with Crippen molar-refractivity contribution in [3.05, 3.63) is 35.4 Å². The molecule has 0 saturated carbocycles. The van der Waals surface area contributed by atoms with Gasteiger partial charge < -0.3 is 5.11 Å². The van der Waals surface area contributed by atoms with E-state index in [-0.39, 0.29) is 6.61 Å². The average molecular weight is 193 g/mol. The molecule has 12 heavy (non-hydrogen) atoms. The molecule has 66 valence electrons. The molecule has 0 saturated heterocycles. The van der Waals surface area contributed by atoms with Crippen LogP contribution >= 0.6 is 11.6 Å². The topological polar surface area (TPSA) is 20.2 Å². The van der Waals surface area contributed by atoms with Crippen LogP contribution in [0.3, 0.4) is 0 Å². The molecule has 1 nitrogen and oxygen atoms in total. The Labute approximate surface area is 73.6 Å². The van der Waals surface area contributed by atoms with Gasteiger partial charge in [-0.15, -0.1) is 11.6 Å². The van der Waals surface area contributed by atoms with E-state index in [9.17, 15) is 8.78 Å². The van der Waals surface area contributed by atoms with Crippen molar-refractivity contribution in [3.63, 3.8) is 0 Å². The van der Waals surface area contributed by atoms with Gasteiger partial charge >= 0.3 is 0 Å². The highest BCUT2D eigenvalue weighted by Crippen LogP contribution is 2.21. The van der Waals surface area contributed by atoms with E-state index < -0.39 is 17.0 Å². The smallest absolute Gasteiger partial charge is 0.159 e. The van der Waals surface area contributed by atoms with Crippen molar-refractivity contribution in [1.82, 2.24) is 0 Å². The largest absolute Gasteiger partial charge is 0.394 e. The zero-order chi connectivity index (χ0) is 9.14. The Morgan fingerprint density at radius 2 is 2.00 bits per heavy atom. The van der Waals surface area contributed by atoms with E-state index in [4.69, 9.17) is 16.7 Å². The van der Waals surface area contributed by atoms with Crippen LogP contribution in [0.15, 0.2) is 18.2 Å². The summed E-state index contributed by atoms with van der Waals surface area (Å²) in [5, 5.41) is 7.92. The van der Waals surface area contributed by atoms with Crippen molar-refractivity contribution < 1.29 is 13.9 Å². The minimum atomic E-state index is -0.952. The quantitative estimate of drug-likeness (QED) is 0.713. The van der Waals surface area contributed by atoms with Crippen molar-refractivity contribution in [1.29, 1.82) is 0 Å². The number of benzene rings is 1. The molecular formula is C8H7ClF2O. The monoisotopic (exact) mass is 192 g/mol. The van der Waals surface area contributed by atoms with Crippen LogP contribution in [-0.2, 0) is 0 Å². The van der Waals surface area contributed by atoms with Gasteiger partial charge in [0.2, 0.25) is 0 Å². The number of hydrogen-bond donors (Lipinski definition) is 1. The van der Waals surface area contributed by atoms with Gasteiger partial charge in [-0.1, -0.05) is 6.07 Å². The van der Waals surface area contributed by atoms with E-state index in [1.165, 1.54) is 6.07 Å². The molecule has 1 rings (SSSR count). The Kier molecular flexibility index (Phi) is 3.00. The normalized spacial score (nSPS) is 13.0. The van der Waals surface area contributed by atoms with Crippen LogP contribution in [0.25, 0.3) is 0 Å². The Morgan fingerprint density at radius 3 is 2.50 bits per heavy atom. The number of aliphatic hydroxyl groups excluding tert-OH is 1. The van der Waals surface area contributed by atoms with Gasteiger partial charge in [0, 0.05) is 0 Å². The van der Waals surface area contributed by atoms with Crippen LogP contribution in [0.2, 0.25) is 0 Å². The third-order valence-electron chi connectivity index (χ3n) is 1.47. The minimum Gasteiger partial charge on any atom is -0.394 e. The second-order valence-electron chi connectivity index (χ2n) is 2.32. The molecule has 0 aliphatic heterocycles. The van der Waals surface area contributed by atoms with Gasteiger partial charge in [0.05, 0.1) is 12.0 Å². The van der Waals surface area contributed by atoms with Crippen molar-refractivity contribution >= 4 is 11.6 Å². The fraction of sp³-hybridized carbons (Fsp3) is 0.250. The number of halogens is 3. The van der Waals surface area contributed by atoms with E-state index >= 15 is 0 Å². The highest BCUT2D eigenvalue weighted by molar-refractivity contribution is 6.20. The van der Waals surface area contributed by atoms with Gasteiger partial charge in [-0.05, 0) is 17.7 Å². The van der Waals surface area contributed by atoms with Crippen LogP contribution in [0, 0.1) is 11.6 Å². The molecule has 0 aliphatic rings. The first kappa shape index (κ1) is 9.42. The molecule has 0 heterocycles. The fourth-order valence-corrected chi connectivity index (χ4v) is 0.948. The van der Waals surface area contributed by atoms with Crippen molar-refractivity contribution in [2.75, 3.05) is 6.61 Å². The third-order valence-corrected chi connectivity index (χ3v) is 1.86. The lowest BCUT2D eigenvalue weighted by molar-refractivity contribution is 0.294. The van der Waals surface area contributed by atoms with Crippen LogP contribution in [-0.4, -0.2) is 11.7 Å². The molecule has 4 heteroatoms. The van der Waals surface area contributed by atoms with Gasteiger partial charge in [-0.3, -0.25) is 0 Å². The summed E-state index contributed by atoms with van der Waals surface area (Å²) in [6.45, 7) is -0.299. The Balaban J connectivity index is 2.96. The second kappa shape index (κ2) is 3.83. The number of hydrogen-bond acceptors (Lipinski definition) is 1. The van der Waals surface area contributed by atoms with E-state index in [0.717, 1.165) is 12.1 Å². The number of aliphatic hydroxyl groups is 1. The van der Waals surface area contributed by atoms with Gasteiger partial charge in [-0.2, -0.15) is 0 Å². The van der Waals surface area contributed by atoms with Crippen LogP contribution in [0.1, 0.15) is 10.9 Å². The highest BCUT2D eigenvalue weighted by Gasteiger charge is 2.09. The molecule has 0 bridgehead atoms. The molecule has 1 atom stereocenters. The van der Waals surface area contributed by atoms with Crippen LogP contribution < -0.4 is 0 Å². The molecule has 0 radical (unpaired) electrons. The molecular weight excluding hydrogens is 186 g/mol. The molecule has 1 N–H and O–H groups in total. The lowest BCUT2D eigenvalue weighted by Gasteiger charge is -2.05. The summed E-state index contributed by atoms with van der Waals surface area (Å²) in [6.07, 6.45) is 0. The molecule has 0 aromatic heterocycles. The van der Waals surface area contributed by atoms with E-state index in [1.54, 1.807) is 0 Å². The summed E-state index contributed by atoms with van der Waals surface area (Å²) in [5.41, 5.74) is 0.373. The first-order valence-corrected chi connectivity index (χ1v) is 3.78. The van der Waals surface area contributed by atoms with E-state index in [2.05, 4.69) is 0 Å². The summed E-state index contributed by atoms with van der Waals surface area (Å²) < 4.78 is 24.9. The van der Waals surface area contributed by atoms with Gasteiger partial charge in [-0.25, -0.2) is 8.78 Å². The average Bonchev–Trinajstić information content (AvgIpc) is 2.08.